The number of aromatic nitrogens is 4. The molecule has 0 aliphatic carbocycles. The van der Waals surface area contributed by atoms with Crippen LogP contribution in [0.2, 0.25) is 0 Å². The summed E-state index contributed by atoms with van der Waals surface area (Å²) in [6.07, 6.45) is -9.04. The Hall–Kier alpha value is -7.05. The van der Waals surface area contributed by atoms with Crippen molar-refractivity contribution in [1.82, 2.24) is 19.6 Å². The van der Waals surface area contributed by atoms with Crippen LogP contribution in [-0.4, -0.2) is 47.8 Å². The number of alkyl halides is 6. The lowest BCUT2D eigenvalue weighted by atomic mass is 9.80. The van der Waals surface area contributed by atoms with E-state index in [0.29, 0.717) is 33.6 Å². The van der Waals surface area contributed by atoms with Gasteiger partial charge in [0.05, 0.1) is 45.5 Å². The summed E-state index contributed by atoms with van der Waals surface area (Å²) in [5, 5.41) is 31.5. The predicted octanol–water partition coefficient (Wildman–Crippen LogP) is 11.4. The van der Waals surface area contributed by atoms with Gasteiger partial charge in [-0.2, -0.15) is 36.5 Å². The van der Waals surface area contributed by atoms with Crippen molar-refractivity contribution < 1.29 is 50.5 Å². The first kappa shape index (κ1) is 46.5. The van der Waals surface area contributed by atoms with Gasteiger partial charge >= 0.3 is 18.5 Å². The highest BCUT2D eigenvalue weighted by atomic mass is 19.4. The van der Waals surface area contributed by atoms with Crippen molar-refractivity contribution in [3.8, 4) is 22.5 Å². The van der Waals surface area contributed by atoms with Gasteiger partial charge < -0.3 is 9.47 Å². The Morgan fingerprint density at radius 2 is 0.891 bits per heavy atom. The topological polar surface area (TPSA) is 157 Å². The average Bonchev–Trinajstić information content (AvgIpc) is 3.90. The summed E-state index contributed by atoms with van der Waals surface area (Å²) in [4.78, 5) is 35.9. The Morgan fingerprint density at radius 1 is 0.562 bits per heavy atom. The fourth-order valence-electron chi connectivity index (χ4n) is 7.32. The minimum atomic E-state index is -4.56. The van der Waals surface area contributed by atoms with Gasteiger partial charge in [0.1, 0.15) is 12.2 Å². The molecular formula is C45H42F6N6O7. The van der Waals surface area contributed by atoms with Gasteiger partial charge in [-0.1, -0.05) is 76.2 Å². The Kier molecular flexibility index (Phi) is 13.3. The van der Waals surface area contributed by atoms with Crippen LogP contribution in [0.4, 0.5) is 42.5 Å². The highest BCUT2D eigenvalue weighted by molar-refractivity contribution is 5.62. The monoisotopic (exact) mass is 892 g/mol. The first-order chi connectivity index (χ1) is 30.0. The molecule has 6 aromatic rings. The second-order valence-corrected chi connectivity index (χ2v) is 16.6. The van der Waals surface area contributed by atoms with Crippen LogP contribution in [-0.2, 0) is 47.8 Å². The third-order valence-corrected chi connectivity index (χ3v) is 11.0. The molecule has 0 aliphatic heterocycles. The van der Waals surface area contributed by atoms with Crippen molar-refractivity contribution >= 4 is 17.5 Å². The maximum Gasteiger partial charge on any atom is 0.508 e. The molecule has 0 spiro atoms. The fourth-order valence-corrected chi connectivity index (χ4v) is 7.32. The number of rotatable bonds is 16. The zero-order valence-corrected chi connectivity index (χ0v) is 34.8. The molecule has 13 nitrogen and oxygen atoms in total. The van der Waals surface area contributed by atoms with E-state index in [2.05, 4.69) is 10.2 Å². The SMILES string of the molecule is CC(C)(Cc1ccc([N+](=O)[O-])cc1)[C@@H](Cn1nccc1-c1ccc(C(F)(F)F)cc1)OC(=O)O[C@H](Cn1nccc1-c1ccc(C(F)(F)F)cc1)C(C)(C)Cc1ccc([N+](=O)[O-])cc1. The smallest absolute Gasteiger partial charge is 0.428 e. The van der Waals surface area contributed by atoms with E-state index in [1.165, 1.54) is 70.3 Å². The number of nitro groups is 2. The van der Waals surface area contributed by atoms with E-state index in [9.17, 15) is 51.4 Å². The fraction of sp³-hybridized carbons (Fsp3) is 0.311. The van der Waals surface area contributed by atoms with Crippen LogP contribution in [0.25, 0.3) is 22.5 Å². The zero-order chi connectivity index (χ0) is 46.6. The number of carbonyl (C=O) groups is 1. The molecule has 0 N–H and O–H groups in total. The van der Waals surface area contributed by atoms with Crippen LogP contribution in [0.3, 0.4) is 0 Å². The summed E-state index contributed by atoms with van der Waals surface area (Å²) in [7, 11) is 0. The van der Waals surface area contributed by atoms with Crippen molar-refractivity contribution in [1.29, 1.82) is 0 Å². The largest absolute Gasteiger partial charge is 0.508 e. The molecule has 6 rings (SSSR count). The second-order valence-electron chi connectivity index (χ2n) is 16.6. The average molecular weight is 893 g/mol. The lowest BCUT2D eigenvalue weighted by molar-refractivity contribution is -0.385. The van der Waals surface area contributed by atoms with Crippen molar-refractivity contribution in [2.24, 2.45) is 10.8 Å². The molecule has 0 bridgehead atoms. The molecular weight excluding hydrogens is 851 g/mol. The number of hydrogen-bond donors (Lipinski definition) is 0. The summed E-state index contributed by atoms with van der Waals surface area (Å²) in [5.41, 5.74) is -0.904. The molecule has 0 aliphatic rings. The molecule has 0 saturated heterocycles. The third kappa shape index (κ3) is 11.3. The number of carbonyl (C=O) groups excluding carboxylic acids is 1. The number of nitrogens with zero attached hydrogens (tertiary/aromatic N) is 6. The molecule has 0 radical (unpaired) electrons. The van der Waals surface area contributed by atoms with E-state index in [4.69, 9.17) is 9.47 Å². The van der Waals surface area contributed by atoms with E-state index in [-0.39, 0.29) is 37.3 Å². The molecule has 0 saturated carbocycles. The van der Waals surface area contributed by atoms with Gasteiger partial charge in [-0.3, -0.25) is 29.6 Å². The molecule has 2 heterocycles. The molecule has 64 heavy (non-hydrogen) atoms. The van der Waals surface area contributed by atoms with E-state index >= 15 is 0 Å². The minimum Gasteiger partial charge on any atom is -0.428 e. The van der Waals surface area contributed by atoms with Gasteiger partial charge in [-0.05, 0) is 71.5 Å². The number of benzene rings is 4. The predicted molar refractivity (Wildman–Crippen MR) is 222 cm³/mol. The van der Waals surface area contributed by atoms with Crippen molar-refractivity contribution in [3.05, 3.63) is 164 Å². The summed E-state index contributed by atoms with van der Waals surface area (Å²) >= 11 is 0. The Labute approximate surface area is 362 Å². The minimum absolute atomic E-state index is 0.119. The van der Waals surface area contributed by atoms with Gasteiger partial charge in [0.2, 0.25) is 0 Å². The number of hydrogen-bond acceptors (Lipinski definition) is 9. The van der Waals surface area contributed by atoms with Gasteiger partial charge in [0.25, 0.3) is 11.4 Å². The molecule has 336 valence electrons. The highest BCUT2D eigenvalue weighted by Gasteiger charge is 2.39. The standard InChI is InChI=1S/C45H42F6N6O7/c1-42(2,25-29-5-17-35(18-6-29)56(59)60)39(27-54-37(21-23-52-54)31-9-13-33(14-10-31)44(46,47)48)63-41(58)64-40(43(3,4)26-30-7-19-36(20-8-30)57(61)62)28-55-38(22-24-53-55)32-11-15-34(16-12-32)45(49,50)51/h5-24,39-40H,25-28H2,1-4H3/t39-,40-/m1/s1. The first-order valence-electron chi connectivity index (χ1n) is 19.7. The number of ether oxygens (including phenoxy) is 2. The molecule has 0 unspecified atom stereocenters. The highest BCUT2D eigenvalue weighted by Crippen LogP contribution is 2.37. The van der Waals surface area contributed by atoms with E-state index in [1.54, 1.807) is 64.1 Å². The number of nitro benzene ring substituents is 2. The quantitative estimate of drug-likeness (QED) is 0.0399. The molecule has 4 aromatic carbocycles. The summed E-state index contributed by atoms with van der Waals surface area (Å²) in [5.74, 6) is 0. The van der Waals surface area contributed by atoms with Crippen molar-refractivity contribution in [2.45, 2.75) is 78.2 Å². The van der Waals surface area contributed by atoms with E-state index < -0.39 is 62.5 Å². The van der Waals surface area contributed by atoms with Crippen LogP contribution >= 0.6 is 0 Å². The van der Waals surface area contributed by atoms with Crippen LogP contribution < -0.4 is 0 Å². The van der Waals surface area contributed by atoms with E-state index in [0.717, 1.165) is 24.3 Å². The summed E-state index contributed by atoms with van der Waals surface area (Å²) in [6.45, 7) is 6.94. The lowest BCUT2D eigenvalue weighted by Gasteiger charge is -2.37. The van der Waals surface area contributed by atoms with Crippen LogP contribution in [0.1, 0.15) is 49.9 Å². The second kappa shape index (κ2) is 18.4. The normalized spacial score (nSPS) is 13.3. The Balaban J connectivity index is 1.33. The molecule has 0 amide bonds. The van der Waals surface area contributed by atoms with Crippen LogP contribution in [0.15, 0.2) is 122 Å². The Morgan fingerprint density at radius 3 is 1.19 bits per heavy atom. The summed E-state index contributed by atoms with van der Waals surface area (Å²) in [6, 6.07) is 23.8. The maximum absolute atomic E-state index is 14.3. The van der Waals surface area contributed by atoms with Gasteiger partial charge in [-0.25, -0.2) is 4.79 Å². The van der Waals surface area contributed by atoms with E-state index in [1.807, 2.05) is 0 Å². The van der Waals surface area contributed by atoms with Gasteiger partial charge in [0, 0.05) is 47.5 Å². The molecule has 19 heteroatoms. The molecule has 2 aromatic heterocycles. The summed E-state index contributed by atoms with van der Waals surface area (Å²) < 4.78 is 95.7. The maximum atomic E-state index is 14.3. The van der Waals surface area contributed by atoms with Crippen LogP contribution in [0, 0.1) is 31.1 Å². The number of halogens is 6. The Bertz CT molecular complexity index is 2390. The molecule has 0 fully saturated rings. The number of non-ortho nitro benzene ring substituents is 2. The van der Waals surface area contributed by atoms with Gasteiger partial charge in [0.15, 0.2) is 0 Å². The lowest BCUT2D eigenvalue weighted by Crippen LogP contribution is -2.43. The van der Waals surface area contributed by atoms with Gasteiger partial charge in [-0.15, -0.1) is 0 Å². The van der Waals surface area contributed by atoms with Crippen molar-refractivity contribution in [2.75, 3.05) is 0 Å². The first-order valence-corrected chi connectivity index (χ1v) is 19.7. The van der Waals surface area contributed by atoms with Crippen molar-refractivity contribution in [3.63, 3.8) is 0 Å². The third-order valence-electron chi connectivity index (χ3n) is 11.0. The molecule has 2 atom stereocenters. The van der Waals surface area contributed by atoms with Crippen LogP contribution in [0.5, 0.6) is 0 Å². The zero-order valence-electron chi connectivity index (χ0n) is 34.8.